The van der Waals surface area contributed by atoms with Gasteiger partial charge in [-0.05, 0) is 50.6 Å². The van der Waals surface area contributed by atoms with Crippen LogP contribution >= 0.6 is 0 Å². The molecule has 82 valence electrons. The summed E-state index contributed by atoms with van der Waals surface area (Å²) >= 11 is 0. The zero-order valence-electron chi connectivity index (χ0n) is 9.13. The van der Waals surface area contributed by atoms with Gasteiger partial charge in [0.1, 0.15) is 0 Å². The fraction of sp³-hybridized carbons (Fsp3) is 1.00. The van der Waals surface area contributed by atoms with E-state index < -0.39 is 0 Å². The van der Waals surface area contributed by atoms with Gasteiger partial charge in [-0.1, -0.05) is 12.8 Å². The van der Waals surface area contributed by atoms with Crippen LogP contribution in [0.3, 0.4) is 0 Å². The highest BCUT2D eigenvalue weighted by Crippen LogP contribution is 2.23. The van der Waals surface area contributed by atoms with Gasteiger partial charge in [0, 0.05) is 13.2 Å². The molecule has 1 aliphatic carbocycles. The molecule has 2 rings (SSSR count). The van der Waals surface area contributed by atoms with Gasteiger partial charge < -0.3 is 10.1 Å². The molecule has 1 N–H and O–H groups in total. The first-order valence-electron chi connectivity index (χ1n) is 6.23. The fourth-order valence-corrected chi connectivity index (χ4v) is 2.66. The summed E-state index contributed by atoms with van der Waals surface area (Å²) in [5.41, 5.74) is 0. The molecule has 0 aromatic carbocycles. The van der Waals surface area contributed by atoms with Crippen LogP contribution in [0.15, 0.2) is 0 Å². The van der Waals surface area contributed by atoms with Gasteiger partial charge in [-0.2, -0.15) is 0 Å². The van der Waals surface area contributed by atoms with Gasteiger partial charge in [-0.3, -0.25) is 0 Å². The highest BCUT2D eigenvalue weighted by molar-refractivity contribution is 4.71. The molecule has 2 aliphatic rings. The van der Waals surface area contributed by atoms with Crippen molar-refractivity contribution < 1.29 is 4.74 Å². The van der Waals surface area contributed by atoms with Gasteiger partial charge in [0.15, 0.2) is 0 Å². The van der Waals surface area contributed by atoms with Gasteiger partial charge in [0.05, 0.1) is 0 Å². The molecule has 1 aliphatic heterocycles. The van der Waals surface area contributed by atoms with Crippen LogP contribution in [0.25, 0.3) is 0 Å². The Hall–Kier alpha value is -0.0800. The summed E-state index contributed by atoms with van der Waals surface area (Å²) in [7, 11) is 0. The summed E-state index contributed by atoms with van der Waals surface area (Å²) in [5.74, 6) is 1.86. The van der Waals surface area contributed by atoms with Crippen LogP contribution in [0.1, 0.15) is 38.5 Å². The Morgan fingerprint density at radius 1 is 0.857 bits per heavy atom. The third-order valence-corrected chi connectivity index (χ3v) is 3.68. The average molecular weight is 197 g/mol. The molecule has 0 unspecified atom stereocenters. The van der Waals surface area contributed by atoms with Gasteiger partial charge in [-0.25, -0.2) is 0 Å². The summed E-state index contributed by atoms with van der Waals surface area (Å²) < 4.78 is 5.35. The predicted molar refractivity (Wildman–Crippen MR) is 58.4 cm³/mol. The lowest BCUT2D eigenvalue weighted by atomic mass is 10.00. The highest BCUT2D eigenvalue weighted by Gasteiger charge is 2.16. The molecule has 2 heteroatoms. The maximum Gasteiger partial charge on any atom is 0.0469 e. The van der Waals surface area contributed by atoms with E-state index in [2.05, 4.69) is 5.32 Å². The molecule has 2 nitrogen and oxygen atoms in total. The lowest BCUT2D eigenvalue weighted by Crippen LogP contribution is -2.30. The molecule has 0 spiro atoms. The van der Waals surface area contributed by atoms with Crippen molar-refractivity contribution in [3.8, 4) is 0 Å². The highest BCUT2D eigenvalue weighted by atomic mass is 16.5. The van der Waals surface area contributed by atoms with E-state index in [1.807, 2.05) is 0 Å². The van der Waals surface area contributed by atoms with Crippen molar-refractivity contribution in [3.05, 3.63) is 0 Å². The molecule has 0 radical (unpaired) electrons. The number of hydrogen-bond donors (Lipinski definition) is 1. The Morgan fingerprint density at radius 2 is 1.43 bits per heavy atom. The van der Waals surface area contributed by atoms with Crippen molar-refractivity contribution >= 4 is 0 Å². The van der Waals surface area contributed by atoms with Crippen LogP contribution in [0.5, 0.6) is 0 Å². The van der Waals surface area contributed by atoms with Crippen LogP contribution in [-0.4, -0.2) is 26.3 Å². The quantitative estimate of drug-likeness (QED) is 0.746. The van der Waals surface area contributed by atoms with E-state index in [9.17, 15) is 0 Å². The fourth-order valence-electron chi connectivity index (χ4n) is 2.66. The number of rotatable bonds is 4. The number of hydrogen-bond acceptors (Lipinski definition) is 2. The third-order valence-electron chi connectivity index (χ3n) is 3.68. The second-order valence-corrected chi connectivity index (χ2v) is 4.86. The van der Waals surface area contributed by atoms with Crippen LogP contribution in [0.4, 0.5) is 0 Å². The monoisotopic (exact) mass is 197 g/mol. The van der Waals surface area contributed by atoms with Crippen molar-refractivity contribution in [2.24, 2.45) is 11.8 Å². The first-order chi connectivity index (χ1) is 6.95. The average Bonchev–Trinajstić information content (AvgIpc) is 2.72. The zero-order chi connectivity index (χ0) is 9.64. The molecule has 2 fully saturated rings. The smallest absolute Gasteiger partial charge is 0.0469 e. The molecule has 0 amide bonds. The summed E-state index contributed by atoms with van der Waals surface area (Å²) in [6.45, 7) is 4.45. The van der Waals surface area contributed by atoms with Gasteiger partial charge >= 0.3 is 0 Å². The lowest BCUT2D eigenvalue weighted by Gasteiger charge is -2.23. The minimum Gasteiger partial charge on any atom is -0.381 e. The number of nitrogens with one attached hydrogen (secondary N) is 1. The molecule has 0 aromatic rings. The summed E-state index contributed by atoms with van der Waals surface area (Å²) in [4.78, 5) is 0. The molecule has 1 saturated carbocycles. The molecule has 0 atom stereocenters. The summed E-state index contributed by atoms with van der Waals surface area (Å²) in [6, 6.07) is 0. The molecular weight excluding hydrogens is 174 g/mol. The minimum atomic E-state index is 0.880. The molecule has 0 aromatic heterocycles. The van der Waals surface area contributed by atoms with Crippen LogP contribution in [0.2, 0.25) is 0 Å². The van der Waals surface area contributed by atoms with Crippen molar-refractivity contribution in [2.75, 3.05) is 26.3 Å². The summed E-state index contributed by atoms with van der Waals surface area (Å²) in [5, 5.41) is 3.64. The maximum absolute atomic E-state index is 5.35. The zero-order valence-corrected chi connectivity index (χ0v) is 9.13. The largest absolute Gasteiger partial charge is 0.381 e. The summed E-state index contributed by atoms with van der Waals surface area (Å²) in [6.07, 6.45) is 8.37. The van der Waals surface area contributed by atoms with Crippen molar-refractivity contribution in [1.29, 1.82) is 0 Å². The Kier molecular flexibility index (Phi) is 4.26. The van der Waals surface area contributed by atoms with Gasteiger partial charge in [0.2, 0.25) is 0 Å². The normalized spacial score (nSPS) is 25.7. The van der Waals surface area contributed by atoms with Crippen LogP contribution in [-0.2, 0) is 4.74 Å². The van der Waals surface area contributed by atoms with Crippen LogP contribution in [0, 0.1) is 11.8 Å². The Balaban J connectivity index is 1.52. The Morgan fingerprint density at radius 3 is 2.07 bits per heavy atom. The van der Waals surface area contributed by atoms with E-state index in [-0.39, 0.29) is 0 Å². The SMILES string of the molecule is C1CCC(CNCC2CCOCC2)C1. The van der Waals surface area contributed by atoms with E-state index in [0.29, 0.717) is 0 Å². The van der Waals surface area contributed by atoms with E-state index >= 15 is 0 Å². The van der Waals surface area contributed by atoms with E-state index in [4.69, 9.17) is 4.74 Å². The Bertz CT molecular complexity index is 148. The minimum absolute atomic E-state index is 0.880. The standard InChI is InChI=1S/C12H23NO/c1-2-4-11(3-1)9-13-10-12-5-7-14-8-6-12/h11-13H,1-10H2. The maximum atomic E-state index is 5.35. The first-order valence-corrected chi connectivity index (χ1v) is 6.23. The predicted octanol–water partition coefficient (Wildman–Crippen LogP) is 2.19. The Labute approximate surface area is 87.4 Å². The van der Waals surface area contributed by atoms with E-state index in [0.717, 1.165) is 25.0 Å². The van der Waals surface area contributed by atoms with E-state index in [1.54, 1.807) is 0 Å². The second kappa shape index (κ2) is 5.72. The van der Waals surface area contributed by atoms with Gasteiger partial charge in [0.25, 0.3) is 0 Å². The van der Waals surface area contributed by atoms with Gasteiger partial charge in [-0.15, -0.1) is 0 Å². The van der Waals surface area contributed by atoms with Crippen molar-refractivity contribution in [3.63, 3.8) is 0 Å². The van der Waals surface area contributed by atoms with E-state index in [1.165, 1.54) is 51.6 Å². The second-order valence-electron chi connectivity index (χ2n) is 4.86. The molecule has 0 bridgehead atoms. The van der Waals surface area contributed by atoms with Crippen molar-refractivity contribution in [2.45, 2.75) is 38.5 Å². The molecule has 1 saturated heterocycles. The lowest BCUT2D eigenvalue weighted by molar-refractivity contribution is 0.0661. The number of ether oxygens (including phenoxy) is 1. The third kappa shape index (κ3) is 3.25. The topological polar surface area (TPSA) is 21.3 Å². The van der Waals surface area contributed by atoms with Crippen LogP contribution < -0.4 is 5.32 Å². The van der Waals surface area contributed by atoms with Crippen molar-refractivity contribution in [1.82, 2.24) is 5.32 Å². The molecule has 14 heavy (non-hydrogen) atoms. The first kappa shape index (κ1) is 10.4. The molecule has 1 heterocycles. The molecular formula is C12H23NO.